The number of carboxylic acids is 1. The van der Waals surface area contributed by atoms with Crippen LogP contribution in [0, 0.1) is 6.92 Å². The number of amides is 1. The molecule has 0 saturated heterocycles. The number of hydrogen-bond acceptors (Lipinski definition) is 3. The van der Waals surface area contributed by atoms with Crippen molar-refractivity contribution < 1.29 is 19.4 Å². The fourth-order valence-corrected chi connectivity index (χ4v) is 1.81. The van der Waals surface area contributed by atoms with Crippen LogP contribution in [-0.2, 0) is 9.53 Å². The van der Waals surface area contributed by atoms with Crippen LogP contribution < -0.4 is 5.32 Å². The average molecular weight is 279 g/mol. The standard InChI is InChI=1S/C15H21NO4/c1-3-4-8-20-15(19)16-13(10-14(17)18)12-7-5-6-11(2)9-12/h5-7,9,13H,3-4,8,10H2,1-2H3,(H,16,19)(H,17,18). The summed E-state index contributed by atoms with van der Waals surface area (Å²) in [6.45, 7) is 4.26. The highest BCUT2D eigenvalue weighted by Crippen LogP contribution is 2.18. The number of aliphatic carboxylic acids is 1. The largest absolute Gasteiger partial charge is 0.481 e. The Morgan fingerprint density at radius 2 is 2.15 bits per heavy atom. The van der Waals surface area contributed by atoms with Crippen molar-refractivity contribution in [3.05, 3.63) is 35.4 Å². The fourth-order valence-electron chi connectivity index (χ4n) is 1.81. The van der Waals surface area contributed by atoms with Gasteiger partial charge in [-0.25, -0.2) is 4.79 Å². The summed E-state index contributed by atoms with van der Waals surface area (Å²) in [7, 11) is 0. The fraction of sp³-hybridized carbons (Fsp3) is 0.467. The first kappa shape index (κ1) is 16.0. The van der Waals surface area contributed by atoms with E-state index in [0.717, 1.165) is 24.0 Å². The topological polar surface area (TPSA) is 75.6 Å². The molecule has 1 amide bonds. The number of unbranched alkanes of at least 4 members (excludes halogenated alkanes) is 1. The maximum Gasteiger partial charge on any atom is 0.407 e. The average Bonchev–Trinajstić information content (AvgIpc) is 2.38. The Kier molecular flexibility index (Phi) is 6.56. The molecule has 0 aliphatic carbocycles. The molecule has 0 saturated carbocycles. The first-order chi connectivity index (χ1) is 9.52. The molecule has 1 rings (SSSR count). The lowest BCUT2D eigenvalue weighted by Crippen LogP contribution is -2.31. The van der Waals surface area contributed by atoms with Gasteiger partial charge in [0.25, 0.3) is 0 Å². The second kappa shape index (κ2) is 8.19. The highest BCUT2D eigenvalue weighted by atomic mass is 16.5. The number of benzene rings is 1. The van der Waals surface area contributed by atoms with Gasteiger partial charge >= 0.3 is 12.1 Å². The van der Waals surface area contributed by atoms with E-state index in [0.29, 0.717) is 6.61 Å². The van der Waals surface area contributed by atoms with Crippen LogP contribution in [0.5, 0.6) is 0 Å². The molecule has 0 heterocycles. The first-order valence-electron chi connectivity index (χ1n) is 6.74. The van der Waals surface area contributed by atoms with Gasteiger partial charge in [0.1, 0.15) is 0 Å². The minimum Gasteiger partial charge on any atom is -0.481 e. The second-order valence-corrected chi connectivity index (χ2v) is 4.70. The Labute approximate surface area is 118 Å². The summed E-state index contributed by atoms with van der Waals surface area (Å²) < 4.78 is 5.00. The summed E-state index contributed by atoms with van der Waals surface area (Å²) in [5, 5.41) is 11.6. The van der Waals surface area contributed by atoms with Crippen molar-refractivity contribution in [1.29, 1.82) is 0 Å². The molecule has 0 bridgehead atoms. The van der Waals surface area contributed by atoms with Gasteiger partial charge < -0.3 is 15.2 Å². The Balaban J connectivity index is 2.69. The van der Waals surface area contributed by atoms with Gasteiger partial charge in [0.2, 0.25) is 0 Å². The lowest BCUT2D eigenvalue weighted by molar-refractivity contribution is -0.137. The van der Waals surface area contributed by atoms with Crippen LogP contribution in [0.1, 0.15) is 43.4 Å². The third-order valence-electron chi connectivity index (χ3n) is 2.85. The Morgan fingerprint density at radius 1 is 1.40 bits per heavy atom. The Morgan fingerprint density at radius 3 is 2.75 bits per heavy atom. The molecule has 5 heteroatoms. The number of aryl methyl sites for hydroxylation is 1. The van der Waals surface area contributed by atoms with Crippen LogP contribution in [0.15, 0.2) is 24.3 Å². The molecule has 20 heavy (non-hydrogen) atoms. The maximum atomic E-state index is 11.6. The second-order valence-electron chi connectivity index (χ2n) is 4.70. The van der Waals surface area contributed by atoms with E-state index < -0.39 is 18.1 Å². The number of rotatable bonds is 7. The quantitative estimate of drug-likeness (QED) is 0.752. The number of ether oxygens (including phenoxy) is 1. The third kappa shape index (κ3) is 5.73. The van der Waals surface area contributed by atoms with E-state index in [1.165, 1.54) is 0 Å². The highest BCUT2D eigenvalue weighted by molar-refractivity contribution is 5.72. The van der Waals surface area contributed by atoms with Crippen molar-refractivity contribution in [2.75, 3.05) is 6.61 Å². The molecular formula is C15H21NO4. The van der Waals surface area contributed by atoms with Crippen molar-refractivity contribution in [3.8, 4) is 0 Å². The lowest BCUT2D eigenvalue weighted by atomic mass is 10.0. The number of carbonyl (C=O) groups excluding carboxylic acids is 1. The Bertz CT molecular complexity index is 459. The molecule has 1 unspecified atom stereocenters. The van der Waals surface area contributed by atoms with E-state index in [9.17, 15) is 9.59 Å². The number of carboxylic acid groups (broad SMARTS) is 1. The van der Waals surface area contributed by atoms with Crippen molar-refractivity contribution in [2.45, 2.75) is 39.2 Å². The molecule has 1 aromatic rings. The summed E-state index contributed by atoms with van der Waals surface area (Å²) in [5.74, 6) is -0.967. The van der Waals surface area contributed by atoms with Crippen LogP contribution in [0.4, 0.5) is 4.79 Å². The van der Waals surface area contributed by atoms with Crippen LogP contribution in [-0.4, -0.2) is 23.8 Å². The minimum absolute atomic E-state index is 0.174. The number of hydrogen-bond donors (Lipinski definition) is 2. The molecule has 2 N–H and O–H groups in total. The zero-order chi connectivity index (χ0) is 15.0. The Hall–Kier alpha value is -2.04. The molecule has 0 aliphatic rings. The van der Waals surface area contributed by atoms with Gasteiger partial charge in [-0.3, -0.25) is 4.79 Å². The van der Waals surface area contributed by atoms with Crippen molar-refractivity contribution in [1.82, 2.24) is 5.32 Å². The monoisotopic (exact) mass is 279 g/mol. The van der Waals surface area contributed by atoms with Crippen LogP contribution in [0.25, 0.3) is 0 Å². The smallest absolute Gasteiger partial charge is 0.407 e. The maximum absolute atomic E-state index is 11.6. The van der Waals surface area contributed by atoms with E-state index in [-0.39, 0.29) is 6.42 Å². The highest BCUT2D eigenvalue weighted by Gasteiger charge is 2.18. The summed E-state index contributed by atoms with van der Waals surface area (Å²) in [6.07, 6.45) is 0.975. The van der Waals surface area contributed by atoms with Crippen molar-refractivity contribution >= 4 is 12.1 Å². The van der Waals surface area contributed by atoms with Crippen molar-refractivity contribution in [2.24, 2.45) is 0 Å². The van der Waals surface area contributed by atoms with Crippen LogP contribution in [0.2, 0.25) is 0 Å². The van der Waals surface area contributed by atoms with E-state index in [2.05, 4.69) is 5.32 Å². The number of alkyl carbamates (subject to hydrolysis) is 1. The molecule has 1 atom stereocenters. The van der Waals surface area contributed by atoms with Gasteiger partial charge in [-0.15, -0.1) is 0 Å². The molecule has 1 aromatic carbocycles. The molecule has 110 valence electrons. The van der Waals surface area contributed by atoms with Gasteiger partial charge in [-0.1, -0.05) is 43.2 Å². The van der Waals surface area contributed by atoms with Gasteiger partial charge in [-0.2, -0.15) is 0 Å². The predicted octanol–water partition coefficient (Wildman–Crippen LogP) is 3.04. The van der Waals surface area contributed by atoms with Gasteiger partial charge in [0, 0.05) is 0 Å². The molecule has 0 fully saturated rings. The van der Waals surface area contributed by atoms with E-state index in [1.807, 2.05) is 32.0 Å². The first-order valence-corrected chi connectivity index (χ1v) is 6.74. The predicted molar refractivity (Wildman–Crippen MR) is 75.6 cm³/mol. The normalized spacial score (nSPS) is 11.7. The van der Waals surface area contributed by atoms with E-state index >= 15 is 0 Å². The summed E-state index contributed by atoms with van der Waals surface area (Å²) in [6, 6.07) is 6.83. The third-order valence-corrected chi connectivity index (χ3v) is 2.85. The molecule has 0 radical (unpaired) electrons. The molecular weight excluding hydrogens is 258 g/mol. The summed E-state index contributed by atoms with van der Waals surface area (Å²) >= 11 is 0. The van der Waals surface area contributed by atoms with Crippen LogP contribution in [0.3, 0.4) is 0 Å². The van der Waals surface area contributed by atoms with Gasteiger partial charge in [-0.05, 0) is 18.9 Å². The van der Waals surface area contributed by atoms with Crippen molar-refractivity contribution in [3.63, 3.8) is 0 Å². The lowest BCUT2D eigenvalue weighted by Gasteiger charge is -2.17. The van der Waals surface area contributed by atoms with Crippen LogP contribution >= 0.6 is 0 Å². The number of carbonyl (C=O) groups is 2. The van der Waals surface area contributed by atoms with E-state index in [4.69, 9.17) is 9.84 Å². The van der Waals surface area contributed by atoms with E-state index in [1.54, 1.807) is 6.07 Å². The zero-order valence-corrected chi connectivity index (χ0v) is 11.9. The van der Waals surface area contributed by atoms with Gasteiger partial charge in [0.05, 0.1) is 19.1 Å². The molecule has 0 spiro atoms. The molecule has 5 nitrogen and oxygen atoms in total. The minimum atomic E-state index is -0.967. The molecule has 0 aromatic heterocycles. The SMILES string of the molecule is CCCCOC(=O)NC(CC(=O)O)c1cccc(C)c1. The number of nitrogens with one attached hydrogen (secondary N) is 1. The van der Waals surface area contributed by atoms with Gasteiger partial charge in [0.15, 0.2) is 0 Å². The summed E-state index contributed by atoms with van der Waals surface area (Å²) in [4.78, 5) is 22.6. The molecule has 0 aliphatic heterocycles. The summed E-state index contributed by atoms with van der Waals surface area (Å²) in [5.41, 5.74) is 1.78. The zero-order valence-electron chi connectivity index (χ0n) is 11.9.